The maximum Gasteiger partial charge on any atom is 0.267 e. The monoisotopic (exact) mass is 490 g/mol. The highest BCUT2D eigenvalue weighted by atomic mass is 32.2. The Hall–Kier alpha value is -3.46. The standard InChI is InChI=1S/C26H23FN4O3S/c27-19-12-6-7-13-20(19)35(34)22-21-23(29-15-14-28-21)30(16-8-2-1-3-9-16)24(22)31-25(32)17-10-4-5-11-18(17)26(31)33/h4-5,7,10-11,13-16H,1-3,6,8-9,12H2. The number of carbonyl (C=O) groups is 2. The quantitative estimate of drug-likeness (QED) is 0.459. The van der Waals surface area contributed by atoms with Gasteiger partial charge in [-0.3, -0.25) is 9.59 Å². The van der Waals surface area contributed by atoms with E-state index in [1.54, 1.807) is 36.5 Å². The van der Waals surface area contributed by atoms with Crippen LogP contribution in [0, 0.1) is 0 Å². The average molecular weight is 491 g/mol. The molecule has 178 valence electrons. The van der Waals surface area contributed by atoms with Crippen LogP contribution >= 0.6 is 0 Å². The van der Waals surface area contributed by atoms with E-state index in [9.17, 15) is 18.2 Å². The fourth-order valence-corrected chi connectivity index (χ4v) is 6.73. The third-order valence-electron chi connectivity index (χ3n) is 6.95. The number of nitrogens with zero attached hydrogens (tertiary/aromatic N) is 4. The summed E-state index contributed by atoms with van der Waals surface area (Å²) in [6.07, 6.45) is 11.8. The molecule has 0 bridgehead atoms. The van der Waals surface area contributed by atoms with E-state index in [-0.39, 0.29) is 28.1 Å². The zero-order chi connectivity index (χ0) is 24.1. The van der Waals surface area contributed by atoms with Crippen molar-refractivity contribution in [1.82, 2.24) is 14.5 Å². The second-order valence-corrected chi connectivity index (χ2v) is 10.4. The molecule has 2 amide bonds. The number of benzene rings is 1. The third kappa shape index (κ3) is 3.40. The van der Waals surface area contributed by atoms with Gasteiger partial charge in [0.05, 0.1) is 26.8 Å². The molecule has 7 nitrogen and oxygen atoms in total. The second-order valence-electron chi connectivity index (χ2n) is 9.01. The molecule has 1 aliphatic heterocycles. The number of hydrogen-bond acceptors (Lipinski definition) is 5. The van der Waals surface area contributed by atoms with Crippen LogP contribution in [-0.2, 0) is 10.8 Å². The van der Waals surface area contributed by atoms with Gasteiger partial charge in [0, 0.05) is 24.9 Å². The lowest BCUT2D eigenvalue weighted by Gasteiger charge is -2.28. The molecule has 0 radical (unpaired) electrons. The number of fused-ring (bicyclic) bond motifs is 2. The predicted octanol–water partition coefficient (Wildman–Crippen LogP) is 5.38. The van der Waals surface area contributed by atoms with Gasteiger partial charge in [0.25, 0.3) is 11.8 Å². The van der Waals surface area contributed by atoms with Crippen molar-refractivity contribution < 1.29 is 18.2 Å². The molecule has 3 heterocycles. The molecular weight excluding hydrogens is 467 g/mol. The van der Waals surface area contributed by atoms with E-state index in [1.807, 2.05) is 4.57 Å². The Bertz CT molecular complexity index is 1430. The normalized spacial score (nSPS) is 19.6. The van der Waals surface area contributed by atoms with E-state index >= 15 is 0 Å². The topological polar surface area (TPSA) is 85.2 Å². The first-order valence-electron chi connectivity index (χ1n) is 11.9. The Labute approximate surface area is 203 Å². The Kier molecular flexibility index (Phi) is 5.44. The van der Waals surface area contributed by atoms with Crippen molar-refractivity contribution in [1.29, 1.82) is 0 Å². The summed E-state index contributed by atoms with van der Waals surface area (Å²) in [5.41, 5.74) is 1.36. The average Bonchev–Trinajstić information content (AvgIpc) is 3.36. The number of amides is 2. The molecule has 3 aromatic rings. The fourth-order valence-electron chi connectivity index (χ4n) is 5.32. The lowest BCUT2D eigenvalue weighted by atomic mass is 9.95. The predicted molar refractivity (Wildman–Crippen MR) is 130 cm³/mol. The number of carbonyl (C=O) groups excluding carboxylic acids is 2. The molecular formula is C26H23FN4O3S. The van der Waals surface area contributed by atoms with Crippen molar-refractivity contribution in [2.75, 3.05) is 4.90 Å². The summed E-state index contributed by atoms with van der Waals surface area (Å²) in [5, 5.41) is 0. The van der Waals surface area contributed by atoms with E-state index in [2.05, 4.69) is 9.97 Å². The first-order valence-corrected chi connectivity index (χ1v) is 13.0. The number of anilines is 1. The van der Waals surface area contributed by atoms with Crippen LogP contribution in [-0.4, -0.2) is 30.6 Å². The minimum atomic E-state index is -2.01. The third-order valence-corrected chi connectivity index (χ3v) is 8.46. The lowest BCUT2D eigenvalue weighted by molar-refractivity contribution is 0.0922. The van der Waals surface area contributed by atoms with Crippen molar-refractivity contribution in [2.45, 2.75) is 55.9 Å². The minimum Gasteiger partial charge on any atom is -0.306 e. The molecule has 6 rings (SSSR count). The van der Waals surface area contributed by atoms with Gasteiger partial charge in [-0.1, -0.05) is 37.5 Å². The van der Waals surface area contributed by atoms with Crippen LogP contribution < -0.4 is 4.90 Å². The van der Waals surface area contributed by atoms with Crippen molar-refractivity contribution in [3.8, 4) is 0 Å². The lowest BCUT2D eigenvalue weighted by Crippen LogP contribution is -2.33. The zero-order valence-corrected chi connectivity index (χ0v) is 19.8. The summed E-state index contributed by atoms with van der Waals surface area (Å²) in [5.74, 6) is -1.24. The SMILES string of the molecule is O=C1c2ccccc2C(=O)N1c1c(S(=O)C2=C(F)CCC=C2)c2nccnc2n1C1CCCCC1. The number of rotatable bonds is 4. The van der Waals surface area contributed by atoms with Crippen LogP contribution in [0.5, 0.6) is 0 Å². The number of allylic oxidation sites excluding steroid dienone is 3. The summed E-state index contributed by atoms with van der Waals surface area (Å²) < 4.78 is 30.7. The highest BCUT2D eigenvalue weighted by molar-refractivity contribution is 7.89. The first kappa shape index (κ1) is 22.0. The number of imide groups is 1. The Morgan fingerprint density at radius 1 is 0.971 bits per heavy atom. The molecule has 35 heavy (non-hydrogen) atoms. The van der Waals surface area contributed by atoms with Gasteiger partial charge in [0.2, 0.25) is 0 Å². The van der Waals surface area contributed by atoms with Gasteiger partial charge < -0.3 is 4.57 Å². The highest BCUT2D eigenvalue weighted by Crippen LogP contribution is 2.44. The van der Waals surface area contributed by atoms with Crippen molar-refractivity contribution >= 4 is 39.6 Å². The van der Waals surface area contributed by atoms with Crippen LogP contribution in [0.1, 0.15) is 71.7 Å². The summed E-state index contributed by atoms with van der Waals surface area (Å²) in [6, 6.07) is 6.59. The maximum atomic E-state index is 14.9. The zero-order valence-electron chi connectivity index (χ0n) is 18.9. The molecule has 2 aromatic heterocycles. The maximum absolute atomic E-state index is 14.9. The summed E-state index contributed by atoms with van der Waals surface area (Å²) in [7, 11) is -2.01. The van der Waals surface area contributed by atoms with E-state index in [0.29, 0.717) is 28.7 Å². The van der Waals surface area contributed by atoms with Gasteiger partial charge >= 0.3 is 0 Å². The van der Waals surface area contributed by atoms with Crippen molar-refractivity contribution in [2.24, 2.45) is 0 Å². The molecule has 1 fully saturated rings. The van der Waals surface area contributed by atoms with Gasteiger partial charge in [-0.05, 0) is 37.5 Å². The van der Waals surface area contributed by atoms with Crippen LogP contribution in [0.3, 0.4) is 0 Å². The molecule has 2 aliphatic carbocycles. The Morgan fingerprint density at radius 3 is 2.34 bits per heavy atom. The molecule has 1 unspecified atom stereocenters. The summed E-state index contributed by atoms with van der Waals surface area (Å²) in [6.45, 7) is 0. The molecule has 3 aliphatic rings. The first-order chi connectivity index (χ1) is 17.1. The van der Waals surface area contributed by atoms with E-state index in [4.69, 9.17) is 0 Å². The van der Waals surface area contributed by atoms with E-state index < -0.39 is 28.4 Å². The molecule has 0 N–H and O–H groups in total. The van der Waals surface area contributed by atoms with Crippen molar-refractivity contribution in [3.63, 3.8) is 0 Å². The Balaban J connectivity index is 1.65. The molecule has 1 atom stereocenters. The van der Waals surface area contributed by atoms with Gasteiger partial charge in [-0.15, -0.1) is 0 Å². The number of hydrogen-bond donors (Lipinski definition) is 0. The van der Waals surface area contributed by atoms with Gasteiger partial charge in [-0.2, -0.15) is 0 Å². The number of aromatic nitrogens is 3. The molecule has 0 spiro atoms. The smallest absolute Gasteiger partial charge is 0.267 e. The van der Waals surface area contributed by atoms with Gasteiger partial charge in [-0.25, -0.2) is 23.5 Å². The molecule has 0 saturated heterocycles. The fraction of sp³-hybridized carbons (Fsp3) is 0.308. The Morgan fingerprint density at radius 2 is 1.66 bits per heavy atom. The summed E-state index contributed by atoms with van der Waals surface area (Å²) in [4.78, 5) is 37.5. The molecule has 1 saturated carbocycles. The van der Waals surface area contributed by atoms with Crippen LogP contribution in [0.25, 0.3) is 11.2 Å². The number of halogens is 1. The summed E-state index contributed by atoms with van der Waals surface area (Å²) >= 11 is 0. The minimum absolute atomic E-state index is 0.0439. The van der Waals surface area contributed by atoms with E-state index in [0.717, 1.165) is 37.0 Å². The van der Waals surface area contributed by atoms with Crippen LogP contribution in [0.15, 0.2) is 64.4 Å². The van der Waals surface area contributed by atoms with Crippen molar-refractivity contribution in [3.05, 3.63) is 70.7 Å². The molecule has 1 aromatic carbocycles. The van der Waals surface area contributed by atoms with Crippen LogP contribution in [0.2, 0.25) is 0 Å². The largest absolute Gasteiger partial charge is 0.306 e. The van der Waals surface area contributed by atoms with E-state index in [1.165, 1.54) is 12.3 Å². The highest BCUT2D eigenvalue weighted by Gasteiger charge is 2.43. The molecule has 9 heteroatoms. The van der Waals surface area contributed by atoms with Gasteiger partial charge in [0.15, 0.2) is 5.65 Å². The second kappa shape index (κ2) is 8.64. The van der Waals surface area contributed by atoms with Crippen LogP contribution in [0.4, 0.5) is 10.2 Å². The van der Waals surface area contributed by atoms with Gasteiger partial charge in [0.1, 0.15) is 22.1 Å².